The van der Waals surface area contributed by atoms with Crippen molar-refractivity contribution in [1.29, 1.82) is 0 Å². The highest BCUT2D eigenvalue weighted by molar-refractivity contribution is 5.56. The van der Waals surface area contributed by atoms with Crippen molar-refractivity contribution >= 4 is 11.4 Å². The van der Waals surface area contributed by atoms with Crippen LogP contribution in [0.4, 0.5) is 11.4 Å². The molecule has 1 aromatic heterocycles. The Kier molecular flexibility index (Phi) is 6.46. The van der Waals surface area contributed by atoms with Crippen LogP contribution in [0.3, 0.4) is 0 Å². The number of piperazine rings is 1. The molecule has 170 valence electrons. The van der Waals surface area contributed by atoms with Gasteiger partial charge in [0.15, 0.2) is 5.82 Å². The minimum atomic E-state index is 0.0318. The predicted octanol–water partition coefficient (Wildman–Crippen LogP) is 3.85. The van der Waals surface area contributed by atoms with Crippen molar-refractivity contribution in [2.24, 2.45) is 0 Å². The molecule has 1 unspecified atom stereocenters. The summed E-state index contributed by atoms with van der Waals surface area (Å²) in [6.45, 7) is 12.6. The molecule has 0 amide bonds. The number of hydrogen-bond donors (Lipinski definition) is 0. The zero-order valence-electron chi connectivity index (χ0n) is 20.2. The normalized spacial score (nSPS) is 15.9. The summed E-state index contributed by atoms with van der Waals surface area (Å²) in [7, 11) is 4.14. The first-order valence-corrected chi connectivity index (χ1v) is 11.5. The maximum absolute atomic E-state index is 4.49. The van der Waals surface area contributed by atoms with Gasteiger partial charge < -0.3 is 9.80 Å². The first kappa shape index (κ1) is 22.3. The summed E-state index contributed by atoms with van der Waals surface area (Å²) in [6, 6.07) is 15.6. The third-order valence-corrected chi connectivity index (χ3v) is 6.57. The lowest BCUT2D eigenvalue weighted by atomic mass is 10.0. The molecule has 2 heterocycles. The van der Waals surface area contributed by atoms with Crippen molar-refractivity contribution in [1.82, 2.24) is 25.1 Å². The minimum Gasteiger partial charge on any atom is -0.378 e. The second-order valence-corrected chi connectivity index (χ2v) is 9.21. The molecule has 32 heavy (non-hydrogen) atoms. The van der Waals surface area contributed by atoms with Gasteiger partial charge in [0.25, 0.3) is 0 Å². The number of anilines is 2. The second kappa shape index (κ2) is 9.28. The van der Waals surface area contributed by atoms with Gasteiger partial charge in [0.05, 0.1) is 12.1 Å². The Bertz CT molecular complexity index is 1030. The molecule has 2 aromatic carbocycles. The Morgan fingerprint density at radius 3 is 2.22 bits per heavy atom. The van der Waals surface area contributed by atoms with Gasteiger partial charge in [0.1, 0.15) is 0 Å². The molecule has 1 saturated heterocycles. The zero-order chi connectivity index (χ0) is 22.8. The Labute approximate surface area is 191 Å². The van der Waals surface area contributed by atoms with Gasteiger partial charge in [-0.1, -0.05) is 24.3 Å². The van der Waals surface area contributed by atoms with Crippen molar-refractivity contribution in [3.63, 3.8) is 0 Å². The van der Waals surface area contributed by atoms with Gasteiger partial charge in [0, 0.05) is 51.6 Å². The molecule has 7 heteroatoms. The number of benzene rings is 2. The van der Waals surface area contributed by atoms with E-state index >= 15 is 0 Å². The largest absolute Gasteiger partial charge is 0.378 e. The summed E-state index contributed by atoms with van der Waals surface area (Å²) < 4.78 is 1.96. The van der Waals surface area contributed by atoms with Crippen molar-refractivity contribution in [2.45, 2.75) is 39.8 Å². The molecule has 0 saturated carbocycles. The topological polar surface area (TPSA) is 53.3 Å². The maximum atomic E-state index is 4.49. The molecule has 0 spiro atoms. The van der Waals surface area contributed by atoms with Crippen molar-refractivity contribution in [2.75, 3.05) is 50.1 Å². The highest BCUT2D eigenvalue weighted by atomic mass is 15.6. The summed E-state index contributed by atoms with van der Waals surface area (Å²) in [5.74, 6) is 0.915. The van der Waals surface area contributed by atoms with Crippen molar-refractivity contribution < 1.29 is 0 Å². The molecule has 4 rings (SSSR count). The minimum absolute atomic E-state index is 0.0318. The maximum Gasteiger partial charge on any atom is 0.173 e. The molecule has 0 bridgehead atoms. The van der Waals surface area contributed by atoms with Crippen molar-refractivity contribution in [3.8, 4) is 0 Å². The van der Waals surface area contributed by atoms with Gasteiger partial charge in [0.2, 0.25) is 0 Å². The first-order chi connectivity index (χ1) is 15.4. The molecule has 0 radical (unpaired) electrons. The van der Waals surface area contributed by atoms with E-state index in [4.69, 9.17) is 0 Å². The second-order valence-electron chi connectivity index (χ2n) is 9.21. The van der Waals surface area contributed by atoms with Crippen LogP contribution in [-0.4, -0.2) is 65.4 Å². The van der Waals surface area contributed by atoms with Crippen LogP contribution in [-0.2, 0) is 0 Å². The third-order valence-electron chi connectivity index (χ3n) is 6.57. The summed E-state index contributed by atoms with van der Waals surface area (Å²) in [5, 5.41) is 12.8. The fraction of sp³-hybridized carbons (Fsp3) is 0.480. The molecule has 1 aliphatic heterocycles. The van der Waals surface area contributed by atoms with Crippen LogP contribution >= 0.6 is 0 Å². The molecule has 1 aliphatic rings. The lowest BCUT2D eigenvalue weighted by Crippen LogP contribution is -2.48. The van der Waals surface area contributed by atoms with E-state index in [-0.39, 0.29) is 12.1 Å². The number of hydrogen-bond acceptors (Lipinski definition) is 6. The molecule has 1 fully saturated rings. The fourth-order valence-electron chi connectivity index (χ4n) is 4.53. The average molecular weight is 434 g/mol. The number of aromatic nitrogens is 4. The van der Waals surface area contributed by atoms with Crippen LogP contribution in [0, 0.1) is 13.8 Å². The van der Waals surface area contributed by atoms with E-state index in [9.17, 15) is 0 Å². The Hall–Kier alpha value is -2.93. The van der Waals surface area contributed by atoms with Gasteiger partial charge in [-0.25, -0.2) is 4.68 Å². The number of aryl methyl sites for hydroxylation is 1. The van der Waals surface area contributed by atoms with E-state index in [1.807, 2.05) is 4.68 Å². The number of tetrazole rings is 1. The van der Waals surface area contributed by atoms with E-state index < -0.39 is 0 Å². The van der Waals surface area contributed by atoms with Crippen LogP contribution in [0.25, 0.3) is 0 Å². The molecular weight excluding hydrogens is 398 g/mol. The Balaban J connectivity index is 1.62. The molecule has 7 nitrogen and oxygen atoms in total. The molecule has 3 aromatic rings. The van der Waals surface area contributed by atoms with Crippen LogP contribution in [0.1, 0.15) is 48.4 Å². The highest BCUT2D eigenvalue weighted by Gasteiger charge is 2.31. The first-order valence-electron chi connectivity index (χ1n) is 11.5. The van der Waals surface area contributed by atoms with Gasteiger partial charge in [-0.05, 0) is 73.0 Å². The number of rotatable bonds is 6. The quantitative estimate of drug-likeness (QED) is 0.589. The molecule has 0 aliphatic carbocycles. The Morgan fingerprint density at radius 2 is 1.59 bits per heavy atom. The van der Waals surface area contributed by atoms with E-state index in [1.54, 1.807) is 0 Å². The summed E-state index contributed by atoms with van der Waals surface area (Å²) in [6.07, 6.45) is 0. The van der Waals surface area contributed by atoms with Crippen LogP contribution in [0.5, 0.6) is 0 Å². The van der Waals surface area contributed by atoms with Crippen LogP contribution < -0.4 is 9.80 Å². The lowest BCUT2D eigenvalue weighted by Gasteiger charge is -2.40. The van der Waals surface area contributed by atoms with E-state index in [0.29, 0.717) is 0 Å². The highest BCUT2D eigenvalue weighted by Crippen LogP contribution is 2.32. The van der Waals surface area contributed by atoms with E-state index in [1.165, 1.54) is 28.1 Å². The average Bonchev–Trinajstić information content (AvgIpc) is 3.27. The van der Waals surface area contributed by atoms with Gasteiger partial charge >= 0.3 is 0 Å². The smallest absolute Gasteiger partial charge is 0.173 e. The van der Waals surface area contributed by atoms with Gasteiger partial charge in [-0.15, -0.1) is 5.10 Å². The van der Waals surface area contributed by atoms with Crippen molar-refractivity contribution in [3.05, 3.63) is 65.0 Å². The summed E-state index contributed by atoms with van der Waals surface area (Å²) in [4.78, 5) is 7.16. The summed E-state index contributed by atoms with van der Waals surface area (Å²) >= 11 is 0. The Morgan fingerprint density at radius 1 is 0.906 bits per heavy atom. The fourth-order valence-corrected chi connectivity index (χ4v) is 4.53. The zero-order valence-corrected chi connectivity index (χ0v) is 20.2. The SMILES string of the molecule is Cc1cccc(N2CCN(C(c3ccc(N(C)C)cc3)c3nnnn3C(C)C)CC2)c1C. The molecular formula is C25H35N7. The lowest BCUT2D eigenvalue weighted by molar-refractivity contribution is 0.199. The third kappa shape index (κ3) is 4.35. The number of nitrogens with zero attached hydrogens (tertiary/aromatic N) is 7. The van der Waals surface area contributed by atoms with Crippen LogP contribution in [0.2, 0.25) is 0 Å². The van der Waals surface area contributed by atoms with Gasteiger partial charge in [-0.3, -0.25) is 4.90 Å². The summed E-state index contributed by atoms with van der Waals surface area (Å²) in [5.41, 5.74) is 6.49. The van der Waals surface area contributed by atoms with E-state index in [2.05, 4.69) is 114 Å². The van der Waals surface area contributed by atoms with Gasteiger partial charge in [-0.2, -0.15) is 0 Å². The standard InChI is InChI=1S/C25H35N7/c1-18(2)32-25(26-27-28-32)24(21-10-12-22(13-11-21)29(5)6)31-16-14-30(15-17-31)23-9-7-8-19(3)20(23)4/h7-13,18,24H,14-17H2,1-6H3. The van der Waals surface area contributed by atoms with Crippen LogP contribution in [0.15, 0.2) is 42.5 Å². The molecule has 0 N–H and O–H groups in total. The monoisotopic (exact) mass is 433 g/mol. The predicted molar refractivity (Wildman–Crippen MR) is 131 cm³/mol. The molecule has 1 atom stereocenters. The van der Waals surface area contributed by atoms with E-state index in [0.717, 1.165) is 32.0 Å².